The number of benzene rings is 1. The zero-order valence-corrected chi connectivity index (χ0v) is 15.1. The van der Waals surface area contributed by atoms with Crippen LogP contribution in [0, 0.1) is 5.92 Å². The van der Waals surface area contributed by atoms with E-state index in [4.69, 9.17) is 9.05 Å². The molecule has 0 aliphatic rings. The van der Waals surface area contributed by atoms with Crippen molar-refractivity contribution < 1.29 is 26.8 Å². The molecule has 0 aliphatic carbocycles. The van der Waals surface area contributed by atoms with E-state index in [-0.39, 0.29) is 38.6 Å². The average molecular weight is 366 g/mol. The largest absolute Gasteiger partial charge is 0.391 e. The van der Waals surface area contributed by atoms with E-state index in [1.807, 2.05) is 30.3 Å². The Hall–Kier alpha value is -0.840. The lowest BCUT2D eigenvalue weighted by molar-refractivity contribution is -0.178. The standard InChI is InChI=1S/C17H26F3O3P/c1-3-22-24(21,23-4-2)14-8-11-16(17(18,19)20)13-12-15-9-6-5-7-10-15/h5-7,9-10,16H,3-4,8,11-14H2,1-2H3. The molecule has 1 aromatic rings. The molecule has 1 aromatic carbocycles. The molecule has 0 spiro atoms. The summed E-state index contributed by atoms with van der Waals surface area (Å²) >= 11 is 0. The molecule has 0 aliphatic heterocycles. The summed E-state index contributed by atoms with van der Waals surface area (Å²) in [4.78, 5) is 0. The zero-order chi connectivity index (χ0) is 18.1. The van der Waals surface area contributed by atoms with Crippen LogP contribution in [0.1, 0.15) is 38.7 Å². The second-order valence-corrected chi connectivity index (χ2v) is 7.76. The van der Waals surface area contributed by atoms with Crippen molar-refractivity contribution in [2.24, 2.45) is 5.92 Å². The van der Waals surface area contributed by atoms with Crippen LogP contribution in [0.3, 0.4) is 0 Å². The van der Waals surface area contributed by atoms with E-state index in [9.17, 15) is 17.7 Å². The first kappa shape index (κ1) is 21.2. The van der Waals surface area contributed by atoms with E-state index >= 15 is 0 Å². The monoisotopic (exact) mass is 366 g/mol. The van der Waals surface area contributed by atoms with Gasteiger partial charge in [-0.15, -0.1) is 0 Å². The second kappa shape index (κ2) is 10.2. The third kappa shape index (κ3) is 7.82. The van der Waals surface area contributed by atoms with Gasteiger partial charge in [0.05, 0.1) is 25.3 Å². The van der Waals surface area contributed by atoms with Crippen molar-refractivity contribution in [1.29, 1.82) is 0 Å². The van der Waals surface area contributed by atoms with E-state index < -0.39 is 19.7 Å². The number of hydrogen-bond donors (Lipinski definition) is 0. The molecular formula is C17H26F3O3P. The summed E-state index contributed by atoms with van der Waals surface area (Å²) in [7, 11) is -3.27. The number of hydrogen-bond acceptors (Lipinski definition) is 3. The second-order valence-electron chi connectivity index (χ2n) is 5.58. The van der Waals surface area contributed by atoms with Crippen LogP contribution in [0.4, 0.5) is 13.2 Å². The Labute approximate surface area is 142 Å². The predicted molar refractivity (Wildman–Crippen MR) is 89.3 cm³/mol. The van der Waals surface area contributed by atoms with Crippen molar-refractivity contribution in [3.05, 3.63) is 35.9 Å². The molecular weight excluding hydrogens is 340 g/mol. The Morgan fingerprint density at radius 2 is 1.62 bits per heavy atom. The zero-order valence-electron chi connectivity index (χ0n) is 14.2. The highest BCUT2D eigenvalue weighted by atomic mass is 31.2. The summed E-state index contributed by atoms with van der Waals surface area (Å²) in [6.07, 6.45) is -3.74. The Bertz CT molecular complexity index is 496. The van der Waals surface area contributed by atoms with Crippen LogP contribution in [-0.4, -0.2) is 25.6 Å². The molecule has 138 valence electrons. The van der Waals surface area contributed by atoms with Crippen LogP contribution in [0.2, 0.25) is 0 Å². The molecule has 1 unspecified atom stereocenters. The maximum Gasteiger partial charge on any atom is 0.391 e. The summed E-state index contributed by atoms with van der Waals surface area (Å²) in [6.45, 7) is 3.80. The van der Waals surface area contributed by atoms with Gasteiger partial charge in [0.2, 0.25) is 0 Å². The first-order valence-corrected chi connectivity index (χ1v) is 10.0. The van der Waals surface area contributed by atoms with Crippen molar-refractivity contribution in [2.45, 2.75) is 45.7 Å². The Morgan fingerprint density at radius 3 is 2.12 bits per heavy atom. The van der Waals surface area contributed by atoms with E-state index in [0.717, 1.165) is 5.56 Å². The first-order chi connectivity index (χ1) is 11.3. The van der Waals surface area contributed by atoms with Gasteiger partial charge in [-0.3, -0.25) is 4.57 Å². The van der Waals surface area contributed by atoms with Gasteiger partial charge in [-0.2, -0.15) is 13.2 Å². The molecule has 1 atom stereocenters. The van der Waals surface area contributed by atoms with Crippen LogP contribution in [-0.2, 0) is 20.0 Å². The molecule has 0 fully saturated rings. The maximum atomic E-state index is 13.2. The normalized spacial score (nSPS) is 13.9. The molecule has 0 N–H and O–H groups in total. The number of aryl methyl sites for hydroxylation is 1. The molecule has 1 rings (SSSR count). The fourth-order valence-electron chi connectivity index (χ4n) is 2.55. The molecule has 24 heavy (non-hydrogen) atoms. The van der Waals surface area contributed by atoms with Crippen LogP contribution < -0.4 is 0 Å². The van der Waals surface area contributed by atoms with Gasteiger partial charge in [0.15, 0.2) is 0 Å². The molecule has 0 bridgehead atoms. The fourth-order valence-corrected chi connectivity index (χ4v) is 4.24. The van der Waals surface area contributed by atoms with Crippen LogP contribution in [0.25, 0.3) is 0 Å². The number of halogens is 3. The molecule has 0 heterocycles. The van der Waals surface area contributed by atoms with Crippen LogP contribution in [0.5, 0.6) is 0 Å². The predicted octanol–water partition coefficient (Wildman–Crippen LogP) is 5.84. The highest BCUT2D eigenvalue weighted by Gasteiger charge is 2.39. The van der Waals surface area contributed by atoms with E-state index in [2.05, 4.69) is 0 Å². The molecule has 0 aromatic heterocycles. The highest BCUT2D eigenvalue weighted by Crippen LogP contribution is 2.49. The molecule has 0 saturated heterocycles. The van der Waals surface area contributed by atoms with Crippen molar-refractivity contribution in [3.8, 4) is 0 Å². The van der Waals surface area contributed by atoms with Gasteiger partial charge in [0, 0.05) is 0 Å². The first-order valence-electron chi connectivity index (χ1n) is 8.29. The van der Waals surface area contributed by atoms with E-state index in [1.54, 1.807) is 13.8 Å². The minimum absolute atomic E-state index is 0.0204. The summed E-state index contributed by atoms with van der Waals surface area (Å²) in [5, 5.41) is 0. The summed E-state index contributed by atoms with van der Waals surface area (Å²) in [6, 6.07) is 9.12. The molecule has 0 amide bonds. The Balaban J connectivity index is 2.56. The number of rotatable bonds is 11. The smallest absolute Gasteiger partial charge is 0.309 e. The average Bonchev–Trinajstić information content (AvgIpc) is 2.51. The summed E-state index contributed by atoms with van der Waals surface area (Å²) in [5.41, 5.74) is 0.890. The van der Waals surface area contributed by atoms with Crippen molar-refractivity contribution >= 4 is 7.60 Å². The van der Waals surface area contributed by atoms with Gasteiger partial charge in [-0.05, 0) is 45.1 Å². The molecule has 0 saturated carbocycles. The van der Waals surface area contributed by atoms with Crippen LogP contribution in [0.15, 0.2) is 30.3 Å². The molecule has 3 nitrogen and oxygen atoms in total. The number of alkyl halides is 3. The van der Waals surface area contributed by atoms with Gasteiger partial charge in [0.1, 0.15) is 0 Å². The fraction of sp³-hybridized carbons (Fsp3) is 0.647. The lowest BCUT2D eigenvalue weighted by Crippen LogP contribution is -2.24. The lowest BCUT2D eigenvalue weighted by atomic mass is 9.95. The maximum absolute atomic E-state index is 13.2. The van der Waals surface area contributed by atoms with E-state index in [1.165, 1.54) is 0 Å². The Kier molecular flexibility index (Phi) is 9.03. The van der Waals surface area contributed by atoms with E-state index in [0.29, 0.717) is 6.42 Å². The quantitative estimate of drug-likeness (QED) is 0.461. The third-order valence-corrected chi connectivity index (χ3v) is 5.89. The lowest BCUT2D eigenvalue weighted by Gasteiger charge is -2.22. The van der Waals surface area contributed by atoms with Crippen molar-refractivity contribution in [2.75, 3.05) is 19.4 Å². The molecule has 0 radical (unpaired) electrons. The van der Waals surface area contributed by atoms with Gasteiger partial charge >= 0.3 is 13.8 Å². The minimum atomic E-state index is -4.25. The van der Waals surface area contributed by atoms with Gasteiger partial charge < -0.3 is 9.05 Å². The summed E-state index contributed by atoms with van der Waals surface area (Å²) in [5.74, 6) is -1.41. The Morgan fingerprint density at radius 1 is 1.04 bits per heavy atom. The third-order valence-electron chi connectivity index (χ3n) is 3.72. The summed E-state index contributed by atoms with van der Waals surface area (Å²) < 4.78 is 62.2. The van der Waals surface area contributed by atoms with Crippen molar-refractivity contribution in [3.63, 3.8) is 0 Å². The van der Waals surface area contributed by atoms with Crippen LogP contribution >= 0.6 is 7.60 Å². The molecule has 7 heteroatoms. The van der Waals surface area contributed by atoms with Gasteiger partial charge in [-0.25, -0.2) is 0 Å². The highest BCUT2D eigenvalue weighted by molar-refractivity contribution is 7.53. The van der Waals surface area contributed by atoms with Gasteiger partial charge in [-0.1, -0.05) is 30.3 Å². The van der Waals surface area contributed by atoms with Gasteiger partial charge in [0.25, 0.3) is 0 Å². The minimum Gasteiger partial charge on any atom is -0.309 e. The van der Waals surface area contributed by atoms with Crippen molar-refractivity contribution in [1.82, 2.24) is 0 Å². The topological polar surface area (TPSA) is 35.5 Å². The SMILES string of the molecule is CCOP(=O)(CCCC(CCc1ccccc1)C(F)(F)F)OCC.